The molecule has 1 aliphatic rings. The molecule has 4 nitrogen and oxygen atoms in total. The van der Waals surface area contributed by atoms with Crippen LogP contribution in [0, 0.1) is 0 Å². The van der Waals surface area contributed by atoms with E-state index in [4.69, 9.17) is 5.11 Å². The third-order valence-electron chi connectivity index (χ3n) is 2.63. The van der Waals surface area contributed by atoms with E-state index in [0.717, 1.165) is 17.7 Å². The van der Waals surface area contributed by atoms with E-state index in [1.54, 1.807) is 24.3 Å². The molecule has 1 saturated carbocycles. The first-order valence-corrected chi connectivity index (χ1v) is 8.27. The summed E-state index contributed by atoms with van der Waals surface area (Å²) in [6.07, 6.45) is 1.86. The summed E-state index contributed by atoms with van der Waals surface area (Å²) in [6.45, 7) is 2.03. The second kappa shape index (κ2) is 5.61. The minimum atomic E-state index is -3.36. The molecule has 2 rings (SSSR count). The van der Waals surface area contributed by atoms with E-state index in [9.17, 15) is 8.42 Å². The Morgan fingerprint density at radius 2 is 2.00 bits per heavy atom. The van der Waals surface area contributed by atoms with Gasteiger partial charge in [-0.3, -0.25) is 0 Å². The second-order valence-electron chi connectivity index (χ2n) is 4.48. The minimum Gasteiger partial charge on any atom is -0.395 e. The molecule has 1 atom stereocenters. The zero-order chi connectivity index (χ0) is 13.2. The second-order valence-corrected chi connectivity index (χ2v) is 7.70. The van der Waals surface area contributed by atoms with Gasteiger partial charge in [-0.15, -0.1) is 11.8 Å². The van der Waals surface area contributed by atoms with Gasteiger partial charge >= 0.3 is 0 Å². The van der Waals surface area contributed by atoms with Gasteiger partial charge in [-0.2, -0.15) is 0 Å². The van der Waals surface area contributed by atoms with Gasteiger partial charge in [0.15, 0.2) is 0 Å². The molecule has 1 aliphatic carbocycles. The highest BCUT2D eigenvalue weighted by Crippen LogP contribution is 2.26. The number of thioether (sulfide) groups is 1. The van der Waals surface area contributed by atoms with Gasteiger partial charge in [-0.1, -0.05) is 6.92 Å². The van der Waals surface area contributed by atoms with Crippen LogP contribution in [-0.4, -0.2) is 31.4 Å². The van der Waals surface area contributed by atoms with Gasteiger partial charge in [0, 0.05) is 16.2 Å². The van der Waals surface area contributed by atoms with E-state index < -0.39 is 10.0 Å². The third kappa shape index (κ3) is 3.71. The van der Waals surface area contributed by atoms with Crippen LogP contribution in [0.5, 0.6) is 0 Å². The van der Waals surface area contributed by atoms with Crippen LogP contribution in [0.2, 0.25) is 0 Å². The molecular formula is C12H17NO3S2. The van der Waals surface area contributed by atoms with Crippen molar-refractivity contribution in [3.8, 4) is 0 Å². The first kappa shape index (κ1) is 13.9. The van der Waals surface area contributed by atoms with E-state index >= 15 is 0 Å². The van der Waals surface area contributed by atoms with Crippen molar-refractivity contribution in [1.29, 1.82) is 0 Å². The lowest BCUT2D eigenvalue weighted by Crippen LogP contribution is -2.25. The fourth-order valence-corrected chi connectivity index (χ4v) is 3.59. The van der Waals surface area contributed by atoms with Crippen LogP contribution in [0.1, 0.15) is 19.8 Å². The van der Waals surface area contributed by atoms with Crippen molar-refractivity contribution in [2.24, 2.45) is 0 Å². The number of aliphatic hydroxyl groups excluding tert-OH is 1. The summed E-state index contributed by atoms with van der Waals surface area (Å²) < 4.78 is 26.5. The van der Waals surface area contributed by atoms with E-state index in [0.29, 0.717) is 4.90 Å². The fraction of sp³-hybridized carbons (Fsp3) is 0.500. The standard InChI is InChI=1S/C12H17NO3S2/c1-9(8-14)17-11-4-6-12(7-5-11)18(15,16)13-10-2-3-10/h4-7,9-10,13-14H,2-3,8H2,1H3. The van der Waals surface area contributed by atoms with Gasteiger partial charge < -0.3 is 5.11 Å². The molecule has 0 heterocycles. The number of benzene rings is 1. The van der Waals surface area contributed by atoms with E-state index in [1.807, 2.05) is 6.92 Å². The predicted molar refractivity (Wildman–Crippen MR) is 72.2 cm³/mol. The summed E-state index contributed by atoms with van der Waals surface area (Å²) in [7, 11) is -3.36. The molecule has 1 unspecified atom stereocenters. The van der Waals surface area contributed by atoms with E-state index in [1.165, 1.54) is 11.8 Å². The molecule has 18 heavy (non-hydrogen) atoms. The first-order valence-electron chi connectivity index (χ1n) is 5.91. The Labute approximate surface area is 112 Å². The molecule has 2 N–H and O–H groups in total. The molecule has 0 aromatic heterocycles. The quantitative estimate of drug-likeness (QED) is 0.780. The number of nitrogens with one attached hydrogen (secondary N) is 1. The molecular weight excluding hydrogens is 270 g/mol. The van der Waals surface area contributed by atoms with Crippen molar-refractivity contribution in [3.05, 3.63) is 24.3 Å². The van der Waals surface area contributed by atoms with Crippen LogP contribution in [-0.2, 0) is 10.0 Å². The van der Waals surface area contributed by atoms with Gasteiger partial charge in [0.1, 0.15) is 0 Å². The smallest absolute Gasteiger partial charge is 0.240 e. The molecule has 0 amide bonds. The minimum absolute atomic E-state index is 0.105. The first-order chi connectivity index (χ1) is 8.51. The van der Waals surface area contributed by atoms with Crippen molar-refractivity contribution in [2.75, 3.05) is 6.61 Å². The van der Waals surface area contributed by atoms with E-state index in [2.05, 4.69) is 4.72 Å². The molecule has 0 spiro atoms. The normalized spacial score (nSPS) is 17.7. The molecule has 1 fully saturated rings. The van der Waals surface area contributed by atoms with Crippen molar-refractivity contribution < 1.29 is 13.5 Å². The molecule has 0 bridgehead atoms. The van der Waals surface area contributed by atoms with Crippen LogP contribution < -0.4 is 4.72 Å². The number of aliphatic hydroxyl groups is 1. The fourth-order valence-electron chi connectivity index (χ4n) is 1.46. The Hall–Kier alpha value is -0.560. The summed E-state index contributed by atoms with van der Waals surface area (Å²) in [4.78, 5) is 1.26. The summed E-state index contributed by atoms with van der Waals surface area (Å²) in [5.41, 5.74) is 0. The summed E-state index contributed by atoms with van der Waals surface area (Å²) in [6, 6.07) is 6.89. The van der Waals surface area contributed by atoms with Crippen LogP contribution in [0.4, 0.5) is 0 Å². The van der Waals surface area contributed by atoms with Gasteiger partial charge in [0.2, 0.25) is 10.0 Å². The number of rotatable bonds is 6. The zero-order valence-electron chi connectivity index (χ0n) is 10.2. The highest BCUT2D eigenvalue weighted by Gasteiger charge is 2.27. The molecule has 6 heteroatoms. The average Bonchev–Trinajstić information content (AvgIpc) is 3.13. The number of sulfonamides is 1. The Morgan fingerprint density at radius 1 is 1.39 bits per heavy atom. The lowest BCUT2D eigenvalue weighted by Gasteiger charge is -2.09. The number of hydrogen-bond donors (Lipinski definition) is 2. The monoisotopic (exact) mass is 287 g/mol. The lowest BCUT2D eigenvalue weighted by molar-refractivity contribution is 0.300. The maximum Gasteiger partial charge on any atom is 0.240 e. The Morgan fingerprint density at radius 3 is 2.50 bits per heavy atom. The van der Waals surface area contributed by atoms with Gasteiger partial charge in [-0.05, 0) is 37.1 Å². The van der Waals surface area contributed by atoms with Crippen LogP contribution in [0.15, 0.2) is 34.1 Å². The Kier molecular flexibility index (Phi) is 4.32. The molecule has 0 saturated heterocycles. The molecule has 100 valence electrons. The van der Waals surface area contributed by atoms with Crippen LogP contribution in [0.25, 0.3) is 0 Å². The van der Waals surface area contributed by atoms with Crippen molar-refractivity contribution >= 4 is 21.8 Å². The SMILES string of the molecule is CC(CO)Sc1ccc(S(=O)(=O)NC2CC2)cc1. The summed E-state index contributed by atoms with van der Waals surface area (Å²) in [5.74, 6) is 0. The maximum absolute atomic E-state index is 11.9. The topological polar surface area (TPSA) is 66.4 Å². The van der Waals surface area contributed by atoms with Crippen molar-refractivity contribution in [2.45, 2.75) is 40.8 Å². The summed E-state index contributed by atoms with van der Waals surface area (Å²) in [5, 5.41) is 9.07. The molecule has 0 aliphatic heterocycles. The Bertz CT molecular complexity index is 495. The van der Waals surface area contributed by atoms with Crippen LogP contribution in [0.3, 0.4) is 0 Å². The molecule has 0 radical (unpaired) electrons. The Balaban J connectivity index is 2.06. The van der Waals surface area contributed by atoms with Crippen LogP contribution >= 0.6 is 11.8 Å². The third-order valence-corrected chi connectivity index (χ3v) is 5.26. The van der Waals surface area contributed by atoms with Gasteiger partial charge in [-0.25, -0.2) is 13.1 Å². The highest BCUT2D eigenvalue weighted by molar-refractivity contribution is 8.00. The van der Waals surface area contributed by atoms with Crippen molar-refractivity contribution in [3.63, 3.8) is 0 Å². The largest absolute Gasteiger partial charge is 0.395 e. The zero-order valence-corrected chi connectivity index (χ0v) is 11.8. The average molecular weight is 287 g/mol. The summed E-state index contributed by atoms with van der Waals surface area (Å²) >= 11 is 1.52. The van der Waals surface area contributed by atoms with Crippen molar-refractivity contribution in [1.82, 2.24) is 4.72 Å². The van der Waals surface area contributed by atoms with Gasteiger partial charge in [0.25, 0.3) is 0 Å². The molecule has 1 aromatic carbocycles. The lowest BCUT2D eigenvalue weighted by atomic mass is 10.4. The predicted octanol–water partition coefficient (Wildman–Crippen LogP) is 1.60. The number of hydrogen-bond acceptors (Lipinski definition) is 4. The highest BCUT2D eigenvalue weighted by atomic mass is 32.2. The van der Waals surface area contributed by atoms with E-state index in [-0.39, 0.29) is 17.9 Å². The molecule has 1 aromatic rings. The maximum atomic E-state index is 11.9. The van der Waals surface area contributed by atoms with Gasteiger partial charge in [0.05, 0.1) is 11.5 Å².